The predicted molar refractivity (Wildman–Crippen MR) is 106 cm³/mol. The molecule has 1 fully saturated rings. The molecule has 1 saturated heterocycles. The van der Waals surface area contributed by atoms with Crippen LogP contribution in [-0.2, 0) is 9.59 Å². The fourth-order valence-corrected chi connectivity index (χ4v) is 4.37. The molecule has 2 aromatic rings. The Balaban J connectivity index is 1.88. The standard InChI is InChI=1S/C23H20N2O4/c1-24-20(27)23(21(28)25(2)22(24)29)14-13-17(18(23)15-9-5-3-6-10-15)19(26)16-11-7-4-8-12-16/h3-13,18H,14H2,1-2H3/t18-/m1/s1. The maximum absolute atomic E-state index is 13.3. The van der Waals surface area contributed by atoms with E-state index in [2.05, 4.69) is 0 Å². The molecule has 1 heterocycles. The van der Waals surface area contributed by atoms with Crippen molar-refractivity contribution in [3.05, 3.63) is 83.4 Å². The largest absolute Gasteiger partial charge is 0.332 e. The topological polar surface area (TPSA) is 74.8 Å². The number of carbonyl (C=O) groups is 4. The molecule has 1 aliphatic heterocycles. The molecule has 1 atom stereocenters. The normalized spacial score (nSPS) is 21.0. The van der Waals surface area contributed by atoms with E-state index < -0.39 is 29.2 Å². The number of carbonyl (C=O) groups excluding carboxylic acids is 4. The third-order valence-corrected chi connectivity index (χ3v) is 5.83. The van der Waals surface area contributed by atoms with Crippen molar-refractivity contribution in [2.24, 2.45) is 5.41 Å². The van der Waals surface area contributed by atoms with E-state index in [-0.39, 0.29) is 12.2 Å². The minimum Gasteiger partial charge on any atom is -0.289 e. The Morgan fingerprint density at radius 3 is 1.93 bits per heavy atom. The molecule has 0 radical (unpaired) electrons. The van der Waals surface area contributed by atoms with Crippen molar-refractivity contribution in [1.82, 2.24) is 9.80 Å². The van der Waals surface area contributed by atoms with Crippen molar-refractivity contribution in [2.75, 3.05) is 14.1 Å². The zero-order valence-corrected chi connectivity index (χ0v) is 16.2. The molecule has 1 aliphatic carbocycles. The minimum atomic E-state index is -1.54. The quantitative estimate of drug-likeness (QED) is 0.598. The number of hydrogen-bond acceptors (Lipinski definition) is 4. The number of barbiturate groups is 1. The molecule has 146 valence electrons. The van der Waals surface area contributed by atoms with Gasteiger partial charge in [0, 0.05) is 31.1 Å². The zero-order chi connectivity index (χ0) is 20.8. The molecule has 6 nitrogen and oxygen atoms in total. The summed E-state index contributed by atoms with van der Waals surface area (Å²) in [6.07, 6.45) is 1.75. The summed E-state index contributed by atoms with van der Waals surface area (Å²) in [5.41, 5.74) is 0.0438. The van der Waals surface area contributed by atoms with E-state index in [4.69, 9.17) is 0 Å². The van der Waals surface area contributed by atoms with Gasteiger partial charge in [-0.05, 0) is 12.0 Å². The average molecular weight is 388 g/mol. The van der Waals surface area contributed by atoms with Gasteiger partial charge in [-0.25, -0.2) is 4.79 Å². The van der Waals surface area contributed by atoms with Crippen LogP contribution in [0.4, 0.5) is 4.79 Å². The molecule has 0 aromatic heterocycles. The van der Waals surface area contributed by atoms with Crippen molar-refractivity contribution in [1.29, 1.82) is 0 Å². The van der Waals surface area contributed by atoms with Gasteiger partial charge >= 0.3 is 6.03 Å². The van der Waals surface area contributed by atoms with E-state index >= 15 is 0 Å². The molecule has 0 saturated carbocycles. The van der Waals surface area contributed by atoms with E-state index in [1.165, 1.54) is 14.1 Å². The highest BCUT2D eigenvalue weighted by Crippen LogP contribution is 2.53. The van der Waals surface area contributed by atoms with Gasteiger partial charge in [-0.1, -0.05) is 66.7 Å². The SMILES string of the molecule is CN1C(=O)N(C)C(=O)C2(CC=C(C(=O)c3ccccc3)[C@H]2c2ccccc2)C1=O. The molecule has 29 heavy (non-hydrogen) atoms. The zero-order valence-electron chi connectivity index (χ0n) is 16.2. The van der Waals surface area contributed by atoms with Gasteiger partial charge in [-0.2, -0.15) is 0 Å². The molecule has 1 spiro atoms. The summed E-state index contributed by atoms with van der Waals surface area (Å²) in [6, 6.07) is 17.2. The molecular formula is C23H20N2O4. The van der Waals surface area contributed by atoms with Crippen molar-refractivity contribution in [2.45, 2.75) is 12.3 Å². The molecule has 4 amide bonds. The van der Waals surface area contributed by atoms with Crippen LogP contribution in [0.25, 0.3) is 0 Å². The number of allylic oxidation sites excluding steroid dienone is 2. The fourth-order valence-electron chi connectivity index (χ4n) is 4.37. The van der Waals surface area contributed by atoms with Crippen LogP contribution >= 0.6 is 0 Å². The summed E-state index contributed by atoms with van der Waals surface area (Å²) in [7, 11) is 2.74. The van der Waals surface area contributed by atoms with E-state index in [1.807, 2.05) is 24.3 Å². The van der Waals surface area contributed by atoms with Gasteiger partial charge in [-0.3, -0.25) is 24.2 Å². The first-order valence-corrected chi connectivity index (χ1v) is 9.34. The summed E-state index contributed by atoms with van der Waals surface area (Å²) in [4.78, 5) is 54.2. The number of amides is 4. The lowest BCUT2D eigenvalue weighted by Gasteiger charge is -2.43. The summed E-state index contributed by atoms with van der Waals surface area (Å²) in [5.74, 6) is -2.15. The Bertz CT molecular complexity index is 1020. The second-order valence-electron chi connectivity index (χ2n) is 7.38. The Kier molecular flexibility index (Phi) is 4.42. The van der Waals surface area contributed by atoms with E-state index in [0.717, 1.165) is 9.80 Å². The van der Waals surface area contributed by atoms with Crippen LogP contribution in [0.3, 0.4) is 0 Å². The van der Waals surface area contributed by atoms with Gasteiger partial charge in [0.25, 0.3) is 0 Å². The van der Waals surface area contributed by atoms with Gasteiger partial charge in [-0.15, -0.1) is 0 Å². The van der Waals surface area contributed by atoms with Crippen LogP contribution in [-0.4, -0.2) is 47.5 Å². The van der Waals surface area contributed by atoms with Gasteiger partial charge < -0.3 is 0 Å². The van der Waals surface area contributed by atoms with Crippen LogP contribution < -0.4 is 0 Å². The van der Waals surface area contributed by atoms with Gasteiger partial charge in [0.15, 0.2) is 5.78 Å². The maximum Gasteiger partial charge on any atom is 0.332 e. The van der Waals surface area contributed by atoms with E-state index in [9.17, 15) is 19.2 Å². The van der Waals surface area contributed by atoms with Crippen LogP contribution in [0, 0.1) is 5.41 Å². The molecule has 0 N–H and O–H groups in total. The summed E-state index contributed by atoms with van der Waals surface area (Å²) in [6.45, 7) is 0. The highest BCUT2D eigenvalue weighted by atomic mass is 16.2. The average Bonchev–Trinajstić information content (AvgIpc) is 3.17. The number of rotatable bonds is 3. The highest BCUT2D eigenvalue weighted by molar-refractivity contribution is 6.22. The van der Waals surface area contributed by atoms with E-state index in [1.54, 1.807) is 42.5 Å². The number of Topliss-reactive ketones (excluding diaryl/α,β-unsaturated/α-hetero) is 1. The number of ketones is 1. The second kappa shape index (κ2) is 6.81. The van der Waals surface area contributed by atoms with Crippen molar-refractivity contribution >= 4 is 23.6 Å². The van der Waals surface area contributed by atoms with Crippen LogP contribution in [0.5, 0.6) is 0 Å². The number of benzene rings is 2. The lowest BCUT2D eigenvalue weighted by Crippen LogP contribution is -2.64. The minimum absolute atomic E-state index is 0.0695. The Morgan fingerprint density at radius 1 is 0.862 bits per heavy atom. The smallest absolute Gasteiger partial charge is 0.289 e. The molecule has 6 heteroatoms. The molecule has 4 rings (SSSR count). The third kappa shape index (κ3) is 2.63. The summed E-state index contributed by atoms with van der Waals surface area (Å²) < 4.78 is 0. The summed E-state index contributed by atoms with van der Waals surface area (Å²) >= 11 is 0. The second-order valence-corrected chi connectivity index (χ2v) is 7.38. The third-order valence-electron chi connectivity index (χ3n) is 5.83. The summed E-state index contributed by atoms with van der Waals surface area (Å²) in [5, 5.41) is 0. The van der Waals surface area contributed by atoms with Crippen molar-refractivity contribution in [3.8, 4) is 0 Å². The van der Waals surface area contributed by atoms with Gasteiger partial charge in [0.05, 0.1) is 0 Å². The predicted octanol–water partition coefficient (Wildman–Crippen LogP) is 3.02. The molecule has 2 aromatic carbocycles. The Hall–Kier alpha value is -3.54. The first-order chi connectivity index (χ1) is 13.9. The van der Waals surface area contributed by atoms with Crippen LogP contribution in [0.15, 0.2) is 72.3 Å². The lowest BCUT2D eigenvalue weighted by molar-refractivity contribution is -0.157. The van der Waals surface area contributed by atoms with Gasteiger partial charge in [0.2, 0.25) is 11.8 Å². The number of nitrogens with zero attached hydrogens (tertiary/aromatic N) is 2. The van der Waals surface area contributed by atoms with Crippen molar-refractivity contribution in [3.63, 3.8) is 0 Å². The Morgan fingerprint density at radius 2 is 1.38 bits per heavy atom. The molecule has 0 unspecified atom stereocenters. The molecule has 0 bridgehead atoms. The molecule has 2 aliphatic rings. The Labute approximate surface area is 168 Å². The molecular weight excluding hydrogens is 368 g/mol. The first-order valence-electron chi connectivity index (χ1n) is 9.34. The maximum atomic E-state index is 13.3. The number of imide groups is 2. The van der Waals surface area contributed by atoms with Crippen LogP contribution in [0.2, 0.25) is 0 Å². The monoisotopic (exact) mass is 388 g/mol. The first kappa shape index (κ1) is 18.8. The number of urea groups is 1. The van der Waals surface area contributed by atoms with E-state index in [0.29, 0.717) is 16.7 Å². The van der Waals surface area contributed by atoms with Crippen LogP contribution in [0.1, 0.15) is 28.3 Å². The van der Waals surface area contributed by atoms with Crippen molar-refractivity contribution < 1.29 is 19.2 Å². The number of hydrogen-bond donors (Lipinski definition) is 0. The highest BCUT2D eigenvalue weighted by Gasteiger charge is 2.63. The lowest BCUT2D eigenvalue weighted by atomic mass is 9.68. The fraction of sp³-hybridized carbons (Fsp3) is 0.217. The van der Waals surface area contributed by atoms with Gasteiger partial charge in [0.1, 0.15) is 5.41 Å².